The van der Waals surface area contributed by atoms with E-state index in [1.165, 1.54) is 166 Å². The first-order chi connectivity index (χ1) is 69.9. The van der Waals surface area contributed by atoms with Crippen LogP contribution in [0.4, 0.5) is 45.5 Å². The fraction of sp³-hybridized carbons (Fsp3) is 0.323. The van der Waals surface area contributed by atoms with Gasteiger partial charge >= 0.3 is 0 Å². The number of aryl methyl sites for hydroxylation is 1. The van der Waals surface area contributed by atoms with E-state index < -0.39 is 10.0 Å². The van der Waals surface area contributed by atoms with E-state index in [2.05, 4.69) is 442 Å². The van der Waals surface area contributed by atoms with Crippen molar-refractivity contribution in [3.8, 4) is 0 Å². The molecule has 17 nitrogen and oxygen atoms in total. The summed E-state index contributed by atoms with van der Waals surface area (Å²) in [5, 5.41) is 34.0. The molecule has 3 aliphatic carbocycles. The molecule has 0 amide bonds. The molecule has 2 bridgehead atoms. The van der Waals surface area contributed by atoms with Crippen molar-refractivity contribution in [1.82, 2.24) is 28.9 Å². The second-order valence-electron chi connectivity index (χ2n) is 45.6. The first kappa shape index (κ1) is 98.8. The summed E-state index contributed by atoms with van der Waals surface area (Å²) >= 11 is 14.4. The quantitative estimate of drug-likeness (QED) is 0.0430. The number of aromatic amines is 4. The van der Waals surface area contributed by atoms with Crippen LogP contribution in [0.3, 0.4) is 0 Å². The van der Waals surface area contributed by atoms with E-state index in [-0.39, 0.29) is 79.8 Å². The summed E-state index contributed by atoms with van der Waals surface area (Å²) in [4.78, 5) is 25.2. The molecule has 8 atom stereocenters. The van der Waals surface area contributed by atoms with Gasteiger partial charge in [0.15, 0.2) is 0 Å². The van der Waals surface area contributed by atoms with Gasteiger partial charge in [0.2, 0.25) is 10.0 Å². The summed E-state index contributed by atoms with van der Waals surface area (Å²) in [6.45, 7) is 35.8. The zero-order valence-corrected chi connectivity index (χ0v) is 92.5. The number of β-amino-alcohol motifs (C(OH)–C–C–N with tert-alkyl or cyclic N) is 1. The minimum Gasteiger partial charge on any atom is -0.399 e. The van der Waals surface area contributed by atoms with Crippen LogP contribution in [0.15, 0.2) is 315 Å². The van der Waals surface area contributed by atoms with Gasteiger partial charge in [0, 0.05) is 229 Å². The van der Waals surface area contributed by atoms with Gasteiger partial charge in [-0.3, -0.25) is 9.98 Å². The number of nitrogens with two attached hydrogens (primary N) is 1. The number of nitrogen functional groups attached to an aromatic ring is 1. The normalized spacial score (nSPS) is 22.2. The van der Waals surface area contributed by atoms with Crippen LogP contribution in [-0.2, 0) is 42.5 Å². The van der Waals surface area contributed by atoms with Gasteiger partial charge in [0.25, 0.3) is 0 Å². The lowest BCUT2D eigenvalue weighted by atomic mass is 9.66. The third-order valence-corrected chi connectivity index (χ3v) is 38.9. The van der Waals surface area contributed by atoms with Gasteiger partial charge in [-0.25, -0.2) is 12.4 Å². The van der Waals surface area contributed by atoms with Crippen LogP contribution in [0.1, 0.15) is 237 Å². The highest BCUT2D eigenvalue weighted by Crippen LogP contribution is 2.69. The summed E-state index contributed by atoms with van der Waals surface area (Å²) in [6.07, 6.45) is 23.5. The molecule has 6 unspecified atom stereocenters. The Morgan fingerprint density at radius 1 is 0.459 bits per heavy atom. The Balaban J connectivity index is 0.000000101. The van der Waals surface area contributed by atoms with Crippen LogP contribution < -0.4 is 37.2 Å². The molecule has 3 fully saturated rings. The number of hydrogen-bond donors (Lipinski definition) is 11. The Bertz CT molecular complexity index is 8140. The molecule has 748 valence electrons. The third-order valence-electron chi connectivity index (χ3n) is 35.2. The number of aromatic nitrogens is 6. The number of aliphatic hydroxyl groups excluding tert-OH is 1. The van der Waals surface area contributed by atoms with Crippen molar-refractivity contribution < 1.29 is 13.5 Å². The minimum absolute atomic E-state index is 0.0244. The van der Waals surface area contributed by atoms with Crippen LogP contribution >= 0.6 is 63.7 Å². The van der Waals surface area contributed by atoms with Crippen LogP contribution in [0.5, 0.6) is 0 Å². The van der Waals surface area contributed by atoms with Crippen LogP contribution in [-0.4, -0.2) is 79.6 Å². The van der Waals surface area contributed by atoms with Crippen LogP contribution in [0.2, 0.25) is 0 Å². The number of aliphatic imine (C=N–C) groups is 1. The highest BCUT2D eigenvalue weighted by Gasteiger charge is 2.63. The monoisotopic (exact) mass is 2210 g/mol. The first-order valence-electron chi connectivity index (χ1n) is 51.6. The van der Waals surface area contributed by atoms with E-state index in [0.717, 1.165) is 93.8 Å². The van der Waals surface area contributed by atoms with Gasteiger partial charge in [-0.15, -0.1) is 0 Å². The van der Waals surface area contributed by atoms with Crippen molar-refractivity contribution in [2.75, 3.05) is 62.7 Å². The van der Waals surface area contributed by atoms with Gasteiger partial charge in [-0.1, -0.05) is 281 Å². The van der Waals surface area contributed by atoms with Gasteiger partial charge in [0.1, 0.15) is 0 Å². The number of nitrogens with one attached hydrogen (secondary N) is 9. The average Bonchev–Trinajstić information content (AvgIpc) is 1.54. The van der Waals surface area contributed by atoms with E-state index >= 15 is 0 Å². The number of benzene rings is 11. The third kappa shape index (κ3) is 16.8. The van der Waals surface area contributed by atoms with Crippen molar-refractivity contribution in [3.63, 3.8) is 0 Å². The molecule has 3 saturated carbocycles. The number of aliphatic hydroxyl groups is 1. The van der Waals surface area contributed by atoms with Crippen molar-refractivity contribution in [3.05, 3.63) is 382 Å². The van der Waals surface area contributed by atoms with E-state index in [0.29, 0.717) is 24.4 Å². The predicted octanol–water partition coefficient (Wildman–Crippen LogP) is 31.7. The highest BCUT2D eigenvalue weighted by molar-refractivity contribution is 9.11. The summed E-state index contributed by atoms with van der Waals surface area (Å²) in [6, 6.07) is 84.0. The van der Waals surface area contributed by atoms with Gasteiger partial charge in [0.05, 0.1) is 65.2 Å². The molecule has 7 aliphatic heterocycles. The lowest BCUT2D eigenvalue weighted by Crippen LogP contribution is -2.41. The summed E-state index contributed by atoms with van der Waals surface area (Å²) in [5.41, 5.74) is 39.7. The molecule has 10 aliphatic rings. The average molecular weight is 2220 g/mol. The number of hydrogen-bond acceptors (Lipinski definition) is 12. The molecule has 146 heavy (non-hydrogen) atoms. The lowest BCUT2D eigenvalue weighted by molar-refractivity contribution is 0.181. The second kappa shape index (κ2) is 37.4. The van der Waals surface area contributed by atoms with Gasteiger partial charge in [-0.05, 0) is 228 Å². The number of anilines is 7. The number of nitrogens with zero attached hydrogens (tertiary/aromatic N) is 4. The Morgan fingerprint density at radius 3 is 1.56 bits per heavy atom. The second-order valence-corrected chi connectivity index (χ2v) is 51.1. The fourth-order valence-electron chi connectivity index (χ4n) is 27.0. The maximum absolute atomic E-state index is 14.2. The first-order valence-corrected chi connectivity index (χ1v) is 56.4. The Kier molecular flexibility index (Phi) is 25.3. The lowest BCUT2D eigenvalue weighted by Gasteiger charge is -2.38. The number of pyridine rings is 1. The summed E-state index contributed by atoms with van der Waals surface area (Å²) < 4.78 is 34.3. The molecule has 0 radical (unpaired) electrons. The zero-order chi connectivity index (χ0) is 102. The molecule has 11 aromatic carbocycles. The van der Waals surface area contributed by atoms with Crippen molar-refractivity contribution >= 4 is 179 Å². The number of para-hydroxylation sites is 5. The van der Waals surface area contributed by atoms with Crippen molar-refractivity contribution in [2.45, 2.75) is 210 Å². The topological polar surface area (TPSA) is 237 Å². The Hall–Kier alpha value is -11.9. The Labute approximate surface area is 891 Å². The van der Waals surface area contributed by atoms with Gasteiger partial charge in [-0.2, -0.15) is 0 Å². The number of H-pyrrole nitrogens is 4. The summed E-state index contributed by atoms with van der Waals surface area (Å²) in [7, 11) is -3.62. The van der Waals surface area contributed by atoms with Crippen LogP contribution in [0.25, 0.3) is 54.5 Å². The molecular formula is C124H130Br4N14O3S. The van der Waals surface area contributed by atoms with E-state index in [1.807, 2.05) is 55.0 Å². The number of allylic oxidation sites excluding steroid dienone is 1. The molecule has 1 spiro atoms. The minimum atomic E-state index is -3.62. The van der Waals surface area contributed by atoms with E-state index in [4.69, 9.17) is 10.7 Å². The largest absolute Gasteiger partial charge is 0.399 e. The number of halogens is 4. The molecule has 13 heterocycles. The highest BCUT2D eigenvalue weighted by atomic mass is 79.9. The maximum Gasteiger partial charge on any atom is 0.239 e. The van der Waals surface area contributed by atoms with Crippen molar-refractivity contribution in [1.29, 1.82) is 0 Å². The zero-order valence-electron chi connectivity index (χ0n) is 85.3. The molecule has 17 aromatic rings. The molecular weight excluding hydrogens is 2090 g/mol. The van der Waals surface area contributed by atoms with Crippen molar-refractivity contribution in [2.24, 2.45) is 21.7 Å². The molecule has 6 aromatic heterocycles. The predicted molar refractivity (Wildman–Crippen MR) is 621 cm³/mol. The van der Waals surface area contributed by atoms with E-state index in [1.54, 1.807) is 3.97 Å². The number of fused-ring (bicyclic) bond motifs is 15. The number of rotatable bonds is 11. The fourth-order valence-corrected chi connectivity index (χ4v) is 30.7. The molecule has 27 rings (SSSR count). The molecule has 12 N–H and O–H groups in total. The Morgan fingerprint density at radius 2 is 0.966 bits per heavy atom. The standard InChI is InChI=1S/C29H33BrN2O2S.C20H19N3.C20H24N2O.C19H19BrN2.C18H16Br2N2.C18H19N3/c1-18-14-19-12-13-29(18,28(19,4)5)17-35(33,34)32-16-22(21-8-6-7-9-25(21)32)26-27(2,3)23-15-20(30)10-11-24(23)31-26;1-4-9-20(10-5-1)16-6-2-3-7-17(16)23-19(20)15-12-22-18-13-21-11-8-14(15)18;1-20(2)16-8-4-5-9-17(16)21-19(20)15-13-22(11-12-23)18-10-6-3-7-14(15)18;1-11-4-6-13-14(10-21-17(13)8-11)18-19(2,3)15-9-12(20)5-7-16(15)22-18;1-18(2)14-8-11(20)4-6-16(14)22-17(18)13-9-21-15-5-3-10(19)7-12(13)15;1-18(2)14-5-3-4-6-16(14)21-17(18)13-10-20-15-8-7-11(19)9-12(13)15/h6-11,15-16,19,26,31H,1,12-14,17H2,2-5H3;2-3,6-8,11-13,22H,1,4-5,9-10H2;3-10,15,19,21,23H,11-13H2,1-2H3;4-10,18,21-22H,1-3H3;3-9,17,21-22H,1-2H3;3-10,17,20-21H,19H2,1-2H3/t19-,26?,29+;;;;;/m0...../s1. The smallest absolute Gasteiger partial charge is 0.239 e. The van der Waals surface area contributed by atoms with Gasteiger partial charge < -0.3 is 62.3 Å². The maximum atomic E-state index is 14.2. The SMILES string of the molecule is C=C1C[C@@H]2CC[C@]1(CS(=O)(=O)n1cc(C3Nc4ccc(Br)cc4C3(C)C)c3ccccc31)C2(C)C.CC1(C)c2cc(Br)ccc2NC1c1c[nH]c2ccc(Br)cc12.CC1(C)c2ccccc2NC1C1CN(CCO)c2ccccc21.CC1(C)c2ccccc2NC1c1c[nH]c2ccc(N)cc12.Cc1ccc2c(C3Nc4ccc(Br)cc4C3(C)C)c[nH]c2c1.c1ccc2c(c1)N=C(c1c[nH]c3cnccc13)C21CCCCC1. The summed E-state index contributed by atoms with van der Waals surface area (Å²) in [5.74, 6) is 1.08. The molecule has 22 heteroatoms. The van der Waals surface area contributed by atoms with E-state index in [9.17, 15) is 13.5 Å². The molecule has 0 saturated heterocycles. The van der Waals surface area contributed by atoms with Crippen LogP contribution in [0, 0.1) is 23.7 Å².